The summed E-state index contributed by atoms with van der Waals surface area (Å²) in [5.41, 5.74) is -0.257. The summed E-state index contributed by atoms with van der Waals surface area (Å²) in [6.07, 6.45) is 1.95. The number of alkyl carbamates (subject to hydrolysis) is 1. The van der Waals surface area contributed by atoms with E-state index in [1.165, 1.54) is 0 Å². The van der Waals surface area contributed by atoms with Crippen LogP contribution in [-0.4, -0.2) is 147 Å². The molecule has 2 aliphatic rings. The third-order valence-electron chi connectivity index (χ3n) is 12.3. The van der Waals surface area contributed by atoms with Crippen LogP contribution in [-0.2, 0) is 55.8 Å². The topological polar surface area (TPSA) is 223 Å². The predicted octanol–water partition coefficient (Wildman–Crippen LogP) is 5.06. The number of unbranched alkanes of at least 4 members (excludes halogenated alkanes) is 1. The number of carbonyl (C=O) groups is 7. The second-order valence-electron chi connectivity index (χ2n) is 21.2. The van der Waals surface area contributed by atoms with Crippen molar-refractivity contribution in [3.63, 3.8) is 0 Å². The number of methoxy groups -OCH3 is 1. The number of amides is 7. The van der Waals surface area contributed by atoms with E-state index >= 15 is 0 Å². The van der Waals surface area contributed by atoms with Crippen molar-refractivity contribution in [2.24, 2.45) is 11.3 Å². The maximum absolute atomic E-state index is 14.6. The Bertz CT molecular complexity index is 2030. The number of piperidine rings is 1. The van der Waals surface area contributed by atoms with Gasteiger partial charge in [-0.1, -0.05) is 74.5 Å². The van der Waals surface area contributed by atoms with E-state index in [0.717, 1.165) is 11.1 Å². The van der Waals surface area contributed by atoms with Crippen LogP contribution in [0.2, 0.25) is 0 Å². The maximum atomic E-state index is 14.6. The molecule has 71 heavy (non-hydrogen) atoms. The van der Waals surface area contributed by atoms with Gasteiger partial charge in [-0.15, -0.1) is 0 Å². The number of hydrogen-bond acceptors (Lipinski definition) is 11. The van der Waals surface area contributed by atoms with Crippen molar-refractivity contribution in [2.75, 3.05) is 59.7 Å². The molecular weight excluding hydrogens is 911 g/mol. The largest absolute Gasteiger partial charge is 0.444 e. The van der Waals surface area contributed by atoms with Crippen molar-refractivity contribution >= 4 is 41.7 Å². The van der Waals surface area contributed by atoms with Gasteiger partial charge >= 0.3 is 12.2 Å². The molecule has 2 aliphatic heterocycles. The van der Waals surface area contributed by atoms with Crippen molar-refractivity contribution in [3.8, 4) is 0 Å². The summed E-state index contributed by atoms with van der Waals surface area (Å²) in [4.78, 5) is 99.7. The van der Waals surface area contributed by atoms with E-state index in [-0.39, 0.29) is 62.0 Å². The first-order valence-corrected chi connectivity index (χ1v) is 25.1. The molecular formula is C53H81N7O11. The summed E-state index contributed by atoms with van der Waals surface area (Å²) in [7, 11) is 1.58. The standard InChI is InChI=1S/C53H81N7O11/c1-37(2)32-41(56-46(63)42(33-38-18-12-10-13-19-38)57-47(64)43(34-39-20-14-11-15-21-39)58-49(66)70-51(3,4)5)45(62)55-40(48(65)59-26-23-53(24-27-59)35-44(61)54-36-53)22-16-17-25-60(28-29-69-31-30-68-9)50(67)71-52(6,7)8/h10-15,18-21,37,40-43H,16-17,22-36H2,1-9H3,(H,54,61)(H,55,62)(H,56,63)(H,57,64)(H,58,66). The fraction of sp³-hybridized carbons (Fsp3) is 0.642. The lowest BCUT2D eigenvalue weighted by Crippen LogP contribution is -2.59. The number of ether oxygens (including phenoxy) is 4. The second-order valence-corrected chi connectivity index (χ2v) is 21.2. The molecule has 4 rings (SSSR count). The Labute approximate surface area is 420 Å². The zero-order valence-electron chi connectivity index (χ0n) is 43.6. The second kappa shape index (κ2) is 27.7. The van der Waals surface area contributed by atoms with Crippen LogP contribution in [0, 0.1) is 11.3 Å². The zero-order valence-corrected chi connectivity index (χ0v) is 43.6. The van der Waals surface area contributed by atoms with E-state index in [0.29, 0.717) is 71.5 Å². The first-order chi connectivity index (χ1) is 33.5. The van der Waals surface area contributed by atoms with Gasteiger partial charge in [0.25, 0.3) is 0 Å². The first-order valence-electron chi connectivity index (χ1n) is 25.1. The molecule has 394 valence electrons. The molecule has 0 saturated carbocycles. The molecule has 2 aromatic rings. The van der Waals surface area contributed by atoms with Gasteiger partial charge in [0.1, 0.15) is 35.4 Å². The average molecular weight is 992 g/mol. The minimum atomic E-state index is -1.18. The molecule has 0 radical (unpaired) electrons. The van der Waals surface area contributed by atoms with Gasteiger partial charge in [0.05, 0.1) is 19.8 Å². The molecule has 4 atom stereocenters. The number of hydrogen-bond donors (Lipinski definition) is 5. The summed E-state index contributed by atoms with van der Waals surface area (Å²) in [5.74, 6) is -2.16. The lowest BCUT2D eigenvalue weighted by Gasteiger charge is -2.39. The predicted molar refractivity (Wildman–Crippen MR) is 269 cm³/mol. The van der Waals surface area contributed by atoms with Gasteiger partial charge in [-0.2, -0.15) is 0 Å². The molecule has 4 unspecified atom stereocenters. The fourth-order valence-electron chi connectivity index (χ4n) is 8.56. The Morgan fingerprint density at radius 2 is 1.23 bits per heavy atom. The smallest absolute Gasteiger partial charge is 0.410 e. The van der Waals surface area contributed by atoms with Crippen LogP contribution in [0.5, 0.6) is 0 Å². The van der Waals surface area contributed by atoms with E-state index < -0.39 is 65.3 Å². The Kier molecular flexibility index (Phi) is 22.6. The lowest BCUT2D eigenvalue weighted by atomic mass is 9.77. The van der Waals surface area contributed by atoms with Gasteiger partial charge in [0.2, 0.25) is 29.5 Å². The quantitative estimate of drug-likeness (QED) is 0.0827. The summed E-state index contributed by atoms with van der Waals surface area (Å²) < 4.78 is 21.9. The van der Waals surface area contributed by atoms with Crippen LogP contribution in [0.25, 0.3) is 0 Å². The van der Waals surface area contributed by atoms with E-state index in [1.54, 1.807) is 58.5 Å². The third-order valence-corrected chi connectivity index (χ3v) is 12.3. The molecule has 7 amide bonds. The molecule has 0 bridgehead atoms. The van der Waals surface area contributed by atoms with E-state index in [4.69, 9.17) is 18.9 Å². The summed E-state index contributed by atoms with van der Waals surface area (Å²) in [5, 5.41) is 14.4. The number of nitrogens with zero attached hydrogens (tertiary/aromatic N) is 2. The molecule has 2 aromatic carbocycles. The van der Waals surface area contributed by atoms with Crippen LogP contribution in [0.1, 0.15) is 111 Å². The fourth-order valence-corrected chi connectivity index (χ4v) is 8.56. The van der Waals surface area contributed by atoms with Crippen LogP contribution < -0.4 is 26.6 Å². The van der Waals surface area contributed by atoms with Crippen LogP contribution in [0.4, 0.5) is 9.59 Å². The van der Waals surface area contributed by atoms with E-state index in [9.17, 15) is 33.6 Å². The Hall–Kier alpha value is -5.75. The lowest BCUT2D eigenvalue weighted by molar-refractivity contribution is -0.139. The molecule has 0 aromatic heterocycles. The van der Waals surface area contributed by atoms with Gasteiger partial charge < -0.3 is 55.3 Å². The van der Waals surface area contributed by atoms with Crippen molar-refractivity contribution < 1.29 is 52.5 Å². The summed E-state index contributed by atoms with van der Waals surface area (Å²) in [6.45, 7) is 17.4. The van der Waals surface area contributed by atoms with Gasteiger partial charge in [0.15, 0.2) is 0 Å². The molecule has 1 spiro atoms. The molecule has 5 N–H and O–H groups in total. The summed E-state index contributed by atoms with van der Waals surface area (Å²) >= 11 is 0. The normalized spacial score (nSPS) is 16.3. The van der Waals surface area contributed by atoms with Gasteiger partial charge in [0, 0.05) is 59.1 Å². The number of benzene rings is 2. The molecule has 2 saturated heterocycles. The van der Waals surface area contributed by atoms with Crippen molar-refractivity contribution in [2.45, 2.75) is 149 Å². The highest BCUT2D eigenvalue weighted by Gasteiger charge is 2.43. The van der Waals surface area contributed by atoms with Gasteiger partial charge in [-0.05, 0) is 103 Å². The number of carbonyl (C=O) groups excluding carboxylic acids is 7. The van der Waals surface area contributed by atoms with Crippen molar-refractivity contribution in [1.29, 1.82) is 0 Å². The van der Waals surface area contributed by atoms with Crippen LogP contribution in [0.3, 0.4) is 0 Å². The molecule has 18 heteroatoms. The van der Waals surface area contributed by atoms with Crippen LogP contribution >= 0.6 is 0 Å². The first kappa shape index (κ1) is 57.8. The average Bonchev–Trinajstić information content (AvgIpc) is 3.66. The van der Waals surface area contributed by atoms with Gasteiger partial charge in [-0.25, -0.2) is 9.59 Å². The zero-order chi connectivity index (χ0) is 52.2. The highest BCUT2D eigenvalue weighted by molar-refractivity contribution is 5.95. The SMILES string of the molecule is COCCOCCN(CCCCC(NC(=O)C(CC(C)C)NC(=O)C(Cc1ccccc1)NC(=O)C(Cc1ccccc1)NC(=O)OC(C)(C)C)C(=O)N1CCC2(CC1)CNC(=O)C2)C(=O)OC(C)(C)C. The van der Waals surface area contributed by atoms with Crippen LogP contribution in [0.15, 0.2) is 60.7 Å². The number of likely N-dealkylation sites (tertiary alicyclic amines) is 1. The third kappa shape index (κ3) is 20.9. The molecule has 2 fully saturated rings. The Balaban J connectivity index is 1.56. The molecule has 18 nitrogen and oxygen atoms in total. The minimum absolute atomic E-state index is 0.00478. The summed E-state index contributed by atoms with van der Waals surface area (Å²) in [6, 6.07) is 13.9. The van der Waals surface area contributed by atoms with Gasteiger partial charge in [-0.3, -0.25) is 24.0 Å². The Morgan fingerprint density at radius 3 is 1.75 bits per heavy atom. The van der Waals surface area contributed by atoms with E-state index in [1.807, 2.05) is 74.5 Å². The maximum Gasteiger partial charge on any atom is 0.410 e. The number of nitrogens with one attached hydrogen (secondary N) is 5. The van der Waals surface area contributed by atoms with Crippen molar-refractivity contribution in [3.05, 3.63) is 71.8 Å². The highest BCUT2D eigenvalue weighted by Crippen LogP contribution is 2.37. The van der Waals surface area contributed by atoms with E-state index in [2.05, 4.69) is 26.6 Å². The molecule has 0 aliphatic carbocycles. The Morgan fingerprint density at radius 1 is 0.690 bits per heavy atom. The monoisotopic (exact) mass is 992 g/mol. The highest BCUT2D eigenvalue weighted by atomic mass is 16.6. The van der Waals surface area contributed by atoms with Crippen molar-refractivity contribution in [1.82, 2.24) is 36.4 Å². The minimum Gasteiger partial charge on any atom is -0.444 e. The number of rotatable bonds is 25. The molecule has 2 heterocycles.